The number of hydrogen-bond acceptors (Lipinski definition) is 5. The normalized spacial score (nSPS) is 14.9. The monoisotopic (exact) mass is 407 g/mol. The van der Waals surface area contributed by atoms with E-state index in [0.29, 0.717) is 13.0 Å². The molecule has 0 spiro atoms. The van der Waals surface area contributed by atoms with Crippen LogP contribution >= 0.6 is 11.8 Å². The van der Waals surface area contributed by atoms with Crippen molar-refractivity contribution in [3.8, 4) is 5.75 Å². The van der Waals surface area contributed by atoms with Crippen LogP contribution in [-0.4, -0.2) is 30.5 Å². The maximum Gasteiger partial charge on any atom is 0.219 e. The SMILES string of the molecule is CCCCCCC(=O)NCCCCCOc1cccc2c1NC(NC(C)=O)S2. The molecule has 1 heterocycles. The van der Waals surface area contributed by atoms with Crippen LogP contribution in [-0.2, 0) is 9.59 Å². The van der Waals surface area contributed by atoms with Crippen LogP contribution in [0.25, 0.3) is 0 Å². The lowest BCUT2D eigenvalue weighted by Gasteiger charge is -2.13. The first-order valence-corrected chi connectivity index (χ1v) is 11.2. The Morgan fingerprint density at radius 3 is 2.75 bits per heavy atom. The number of rotatable bonds is 13. The molecule has 2 amide bonds. The molecule has 1 aliphatic rings. The van der Waals surface area contributed by atoms with Gasteiger partial charge in [0.15, 0.2) is 5.50 Å². The number of amides is 2. The van der Waals surface area contributed by atoms with Crippen molar-refractivity contribution < 1.29 is 14.3 Å². The lowest BCUT2D eigenvalue weighted by atomic mass is 10.1. The molecule has 0 bridgehead atoms. The number of nitrogens with one attached hydrogen (secondary N) is 3. The molecule has 7 heteroatoms. The number of thioether (sulfide) groups is 1. The molecular weight excluding hydrogens is 374 g/mol. The lowest BCUT2D eigenvalue weighted by molar-refractivity contribution is -0.121. The van der Waals surface area contributed by atoms with Gasteiger partial charge < -0.3 is 20.7 Å². The fraction of sp³-hybridized carbons (Fsp3) is 0.619. The zero-order chi connectivity index (χ0) is 20.2. The summed E-state index contributed by atoms with van der Waals surface area (Å²) in [5.74, 6) is 0.927. The van der Waals surface area contributed by atoms with Crippen LogP contribution in [0.4, 0.5) is 5.69 Å². The molecule has 6 nitrogen and oxygen atoms in total. The van der Waals surface area contributed by atoms with Gasteiger partial charge in [-0.25, -0.2) is 0 Å². The van der Waals surface area contributed by atoms with Gasteiger partial charge in [-0.1, -0.05) is 44.0 Å². The summed E-state index contributed by atoms with van der Waals surface area (Å²) < 4.78 is 5.93. The maximum absolute atomic E-state index is 11.7. The molecule has 1 aromatic carbocycles. The minimum atomic E-state index is -0.150. The second-order valence-corrected chi connectivity index (χ2v) is 8.19. The molecule has 1 atom stereocenters. The number of carbonyl (C=O) groups excluding carboxylic acids is 2. The average molecular weight is 408 g/mol. The Morgan fingerprint density at radius 2 is 1.96 bits per heavy atom. The van der Waals surface area contributed by atoms with Crippen LogP contribution in [0.1, 0.15) is 65.2 Å². The number of para-hydroxylation sites is 1. The first-order chi connectivity index (χ1) is 13.6. The van der Waals surface area contributed by atoms with Crippen molar-refractivity contribution in [2.45, 2.75) is 75.6 Å². The second-order valence-electron chi connectivity index (χ2n) is 7.04. The van der Waals surface area contributed by atoms with Crippen molar-refractivity contribution in [1.82, 2.24) is 10.6 Å². The van der Waals surface area contributed by atoms with Crippen LogP contribution in [0.5, 0.6) is 5.75 Å². The molecule has 0 aromatic heterocycles. The smallest absolute Gasteiger partial charge is 0.219 e. The Kier molecular flexibility index (Phi) is 10.0. The highest BCUT2D eigenvalue weighted by Crippen LogP contribution is 2.43. The van der Waals surface area contributed by atoms with Gasteiger partial charge in [-0.3, -0.25) is 9.59 Å². The van der Waals surface area contributed by atoms with E-state index in [1.807, 2.05) is 18.2 Å². The van der Waals surface area contributed by atoms with Gasteiger partial charge in [0.2, 0.25) is 11.8 Å². The summed E-state index contributed by atoms with van der Waals surface area (Å²) in [6, 6.07) is 5.93. The topological polar surface area (TPSA) is 79.5 Å². The molecule has 0 saturated heterocycles. The zero-order valence-corrected chi connectivity index (χ0v) is 17.8. The van der Waals surface area contributed by atoms with Crippen molar-refractivity contribution in [3.63, 3.8) is 0 Å². The fourth-order valence-corrected chi connectivity index (χ4v) is 4.11. The van der Waals surface area contributed by atoms with Crippen molar-refractivity contribution in [2.24, 2.45) is 0 Å². The van der Waals surface area contributed by atoms with Crippen LogP contribution in [0, 0.1) is 0 Å². The molecule has 0 saturated carbocycles. The summed E-state index contributed by atoms with van der Waals surface area (Å²) in [6.45, 7) is 5.06. The minimum Gasteiger partial charge on any atom is -0.491 e. The molecule has 0 radical (unpaired) electrons. The second kappa shape index (κ2) is 12.5. The van der Waals surface area contributed by atoms with Gasteiger partial charge in [-0.05, 0) is 37.8 Å². The third kappa shape index (κ3) is 8.00. The van der Waals surface area contributed by atoms with Crippen LogP contribution in [0.15, 0.2) is 23.1 Å². The predicted molar refractivity (Wildman–Crippen MR) is 115 cm³/mol. The van der Waals surface area contributed by atoms with Gasteiger partial charge in [0.1, 0.15) is 5.75 Å². The van der Waals surface area contributed by atoms with E-state index in [4.69, 9.17) is 4.74 Å². The van der Waals surface area contributed by atoms with Gasteiger partial charge >= 0.3 is 0 Å². The number of unbranched alkanes of at least 4 members (excludes halogenated alkanes) is 5. The number of ether oxygens (including phenoxy) is 1. The molecule has 0 aliphatic carbocycles. The molecule has 1 unspecified atom stereocenters. The summed E-state index contributed by atoms with van der Waals surface area (Å²) in [5.41, 5.74) is 0.796. The highest BCUT2D eigenvalue weighted by Gasteiger charge is 2.24. The predicted octanol–water partition coefficient (Wildman–Crippen LogP) is 4.26. The summed E-state index contributed by atoms with van der Waals surface area (Å²) in [6.07, 6.45) is 8.11. The van der Waals surface area contributed by atoms with Crippen LogP contribution in [0.2, 0.25) is 0 Å². The highest BCUT2D eigenvalue weighted by molar-refractivity contribution is 8.00. The molecule has 0 fully saturated rings. The average Bonchev–Trinajstić information content (AvgIpc) is 3.06. The zero-order valence-electron chi connectivity index (χ0n) is 17.0. The third-order valence-electron chi connectivity index (χ3n) is 4.50. The molecule has 28 heavy (non-hydrogen) atoms. The van der Waals surface area contributed by atoms with Gasteiger partial charge in [-0.2, -0.15) is 0 Å². The van der Waals surface area contributed by atoms with Gasteiger partial charge in [-0.15, -0.1) is 0 Å². The van der Waals surface area contributed by atoms with E-state index in [1.165, 1.54) is 19.8 Å². The summed E-state index contributed by atoms with van der Waals surface area (Å²) >= 11 is 1.58. The molecule has 1 aromatic rings. The van der Waals surface area contributed by atoms with E-state index in [-0.39, 0.29) is 17.3 Å². The van der Waals surface area contributed by atoms with Crippen molar-refractivity contribution >= 4 is 29.3 Å². The number of anilines is 1. The van der Waals surface area contributed by atoms with Gasteiger partial charge in [0.25, 0.3) is 0 Å². The number of fused-ring (bicyclic) bond motifs is 1. The molecule has 1 aliphatic heterocycles. The quantitative estimate of drug-likeness (QED) is 0.426. The van der Waals surface area contributed by atoms with E-state index >= 15 is 0 Å². The Balaban J connectivity index is 1.57. The molecule has 2 rings (SSSR count). The fourth-order valence-electron chi connectivity index (χ4n) is 3.02. The number of carbonyl (C=O) groups is 2. The summed E-state index contributed by atoms with van der Waals surface area (Å²) in [5, 5.41) is 9.14. The van der Waals surface area contributed by atoms with E-state index < -0.39 is 0 Å². The Hall–Kier alpha value is -1.89. The van der Waals surface area contributed by atoms with Crippen LogP contribution in [0.3, 0.4) is 0 Å². The van der Waals surface area contributed by atoms with E-state index in [2.05, 4.69) is 22.9 Å². The Bertz CT molecular complexity index is 639. The lowest BCUT2D eigenvalue weighted by Crippen LogP contribution is -2.34. The molecular formula is C21H33N3O3S. The largest absolute Gasteiger partial charge is 0.491 e. The van der Waals surface area contributed by atoms with Crippen molar-refractivity contribution in [1.29, 1.82) is 0 Å². The minimum absolute atomic E-state index is 0.0617. The maximum atomic E-state index is 11.7. The van der Waals surface area contributed by atoms with Gasteiger partial charge in [0, 0.05) is 24.8 Å². The van der Waals surface area contributed by atoms with Crippen molar-refractivity contribution in [2.75, 3.05) is 18.5 Å². The third-order valence-corrected chi connectivity index (χ3v) is 5.57. The van der Waals surface area contributed by atoms with E-state index in [0.717, 1.165) is 55.0 Å². The van der Waals surface area contributed by atoms with E-state index in [9.17, 15) is 9.59 Å². The Morgan fingerprint density at radius 1 is 1.14 bits per heavy atom. The number of hydrogen-bond donors (Lipinski definition) is 3. The Labute approximate surface area is 172 Å². The first kappa shape index (κ1) is 22.4. The van der Waals surface area contributed by atoms with Crippen LogP contribution < -0.4 is 20.7 Å². The first-order valence-electron chi connectivity index (χ1n) is 10.3. The summed E-state index contributed by atoms with van der Waals surface area (Å²) in [4.78, 5) is 24.0. The number of benzene rings is 1. The van der Waals surface area contributed by atoms with Gasteiger partial charge in [0.05, 0.1) is 12.3 Å². The van der Waals surface area contributed by atoms with Crippen molar-refractivity contribution in [3.05, 3.63) is 18.2 Å². The summed E-state index contributed by atoms with van der Waals surface area (Å²) in [7, 11) is 0. The standard InChI is InChI=1S/C21H33N3O3S/c1-3-4-5-7-13-19(26)22-14-8-6-9-15-27-17-11-10-12-18-20(17)24-21(28-18)23-16(2)25/h10-12,21,24H,3-9,13-15H2,1-2H3,(H,22,26)(H,23,25). The highest BCUT2D eigenvalue weighted by atomic mass is 32.2. The van der Waals surface area contributed by atoms with E-state index in [1.54, 1.807) is 11.8 Å². The molecule has 156 valence electrons. The molecule has 3 N–H and O–H groups in total.